The molecular formula is C26H28F3N3O7. The van der Waals surface area contributed by atoms with E-state index in [1.807, 2.05) is 15.7 Å². The number of nitrogens with zero attached hydrogens (tertiary/aromatic N) is 3. The quantitative estimate of drug-likeness (QED) is 0.251. The molecule has 10 nitrogen and oxygen atoms in total. The predicted octanol–water partition coefficient (Wildman–Crippen LogP) is 3.14. The number of hydrogen-bond acceptors (Lipinski definition) is 6. The standard InChI is InChI=1S/C20H20F3N3.C6H8O7/c21-18-7-6-17(20(23)12-18)14-26(10-3-9-25-11-8-24-15-25)13-16-4-1-2-5-19(16)22;7-3(8)1-6(13,5(11)12)2-4(9)10/h1-2,4-8,11-12,15H,3,9-10,13-14H2;13H,1-2H2,(H,7,8)(H,9,10)(H,11,12). The lowest BCUT2D eigenvalue weighted by molar-refractivity contribution is -0.170. The predicted molar refractivity (Wildman–Crippen MR) is 131 cm³/mol. The second-order valence-corrected chi connectivity index (χ2v) is 8.67. The zero-order valence-electron chi connectivity index (χ0n) is 20.7. The number of imidazole rings is 1. The van der Waals surface area contributed by atoms with Crippen LogP contribution in [0.15, 0.2) is 61.2 Å². The number of aliphatic hydroxyl groups is 1. The summed E-state index contributed by atoms with van der Waals surface area (Å²) in [7, 11) is 0. The molecule has 0 amide bonds. The number of aliphatic carboxylic acids is 3. The van der Waals surface area contributed by atoms with Crippen molar-refractivity contribution in [2.75, 3.05) is 6.54 Å². The Bertz CT molecular complexity index is 1240. The summed E-state index contributed by atoms with van der Waals surface area (Å²) in [4.78, 5) is 36.5. The Morgan fingerprint density at radius 1 is 0.897 bits per heavy atom. The van der Waals surface area contributed by atoms with Gasteiger partial charge in [-0.1, -0.05) is 24.3 Å². The zero-order valence-corrected chi connectivity index (χ0v) is 20.7. The van der Waals surface area contributed by atoms with Crippen molar-refractivity contribution in [2.24, 2.45) is 0 Å². The molecule has 0 spiro atoms. The molecule has 0 aliphatic rings. The van der Waals surface area contributed by atoms with Crippen molar-refractivity contribution in [3.8, 4) is 0 Å². The van der Waals surface area contributed by atoms with Gasteiger partial charge >= 0.3 is 17.9 Å². The summed E-state index contributed by atoms with van der Waals surface area (Å²) in [5.41, 5.74) is -1.79. The van der Waals surface area contributed by atoms with E-state index in [2.05, 4.69) is 4.98 Å². The van der Waals surface area contributed by atoms with Crippen molar-refractivity contribution in [3.05, 3.63) is 89.8 Å². The van der Waals surface area contributed by atoms with Crippen molar-refractivity contribution in [1.82, 2.24) is 14.5 Å². The van der Waals surface area contributed by atoms with Gasteiger partial charge in [0.1, 0.15) is 17.5 Å². The van der Waals surface area contributed by atoms with Crippen LogP contribution in [0.25, 0.3) is 0 Å². The molecule has 0 fully saturated rings. The van der Waals surface area contributed by atoms with Gasteiger partial charge in [0.25, 0.3) is 0 Å². The molecule has 3 aromatic rings. The maximum atomic E-state index is 14.0. The summed E-state index contributed by atoms with van der Waals surface area (Å²) in [6.07, 6.45) is 3.84. The minimum atomic E-state index is -2.74. The average Bonchev–Trinajstić information content (AvgIpc) is 3.35. The molecule has 210 valence electrons. The average molecular weight is 552 g/mol. The molecule has 0 saturated carbocycles. The van der Waals surface area contributed by atoms with Crippen molar-refractivity contribution in [1.29, 1.82) is 0 Å². The number of halogens is 3. The Kier molecular flexibility index (Phi) is 11.6. The number of aromatic nitrogens is 2. The first-order chi connectivity index (χ1) is 18.4. The summed E-state index contributed by atoms with van der Waals surface area (Å²) in [5, 5.41) is 33.8. The number of carbonyl (C=O) groups is 3. The minimum Gasteiger partial charge on any atom is -0.481 e. The van der Waals surface area contributed by atoms with E-state index in [0.717, 1.165) is 19.0 Å². The minimum absolute atomic E-state index is 0.282. The molecule has 3 rings (SSSR count). The topological polar surface area (TPSA) is 153 Å². The van der Waals surface area contributed by atoms with Crippen molar-refractivity contribution >= 4 is 17.9 Å². The lowest BCUT2D eigenvalue weighted by Crippen LogP contribution is -2.42. The van der Waals surface area contributed by atoms with E-state index in [1.165, 1.54) is 18.2 Å². The SMILES string of the molecule is Fc1ccc(CN(CCCn2ccnc2)Cc2ccccc2F)c(F)c1.O=C(O)CC(O)(CC(=O)O)C(=O)O. The maximum absolute atomic E-state index is 14.0. The fourth-order valence-electron chi connectivity index (χ4n) is 3.58. The van der Waals surface area contributed by atoms with Gasteiger partial charge in [0.05, 0.1) is 19.2 Å². The Morgan fingerprint density at radius 2 is 1.51 bits per heavy atom. The van der Waals surface area contributed by atoms with Gasteiger partial charge in [-0.2, -0.15) is 0 Å². The molecule has 0 aliphatic carbocycles. The van der Waals surface area contributed by atoms with E-state index in [1.54, 1.807) is 30.7 Å². The van der Waals surface area contributed by atoms with E-state index in [4.69, 9.17) is 20.4 Å². The van der Waals surface area contributed by atoms with Gasteiger partial charge in [0, 0.05) is 55.8 Å². The van der Waals surface area contributed by atoms with Crippen molar-refractivity contribution in [2.45, 2.75) is 44.5 Å². The molecule has 1 heterocycles. The molecule has 13 heteroatoms. The Hall–Kier alpha value is -4.23. The van der Waals surface area contributed by atoms with Crippen LogP contribution in [-0.4, -0.2) is 64.9 Å². The second-order valence-electron chi connectivity index (χ2n) is 8.67. The fourth-order valence-corrected chi connectivity index (χ4v) is 3.58. The van der Waals surface area contributed by atoms with Crippen LogP contribution >= 0.6 is 0 Å². The van der Waals surface area contributed by atoms with Gasteiger partial charge < -0.3 is 25.0 Å². The van der Waals surface area contributed by atoms with Gasteiger partial charge in [0.15, 0.2) is 5.60 Å². The number of aryl methyl sites for hydroxylation is 1. The molecule has 2 aromatic carbocycles. The van der Waals surface area contributed by atoms with E-state index in [0.29, 0.717) is 24.2 Å². The normalized spacial score (nSPS) is 11.1. The van der Waals surface area contributed by atoms with Crippen LogP contribution < -0.4 is 0 Å². The highest BCUT2D eigenvalue weighted by Crippen LogP contribution is 2.17. The molecule has 4 N–H and O–H groups in total. The highest BCUT2D eigenvalue weighted by Gasteiger charge is 2.40. The number of rotatable bonds is 13. The van der Waals surface area contributed by atoms with Crippen molar-refractivity contribution < 1.29 is 48.0 Å². The summed E-state index contributed by atoms with van der Waals surface area (Å²) in [5.74, 6) is -6.49. The van der Waals surface area contributed by atoms with Gasteiger partial charge in [-0.05, 0) is 18.6 Å². The molecule has 0 radical (unpaired) electrons. The Balaban J connectivity index is 0.000000349. The van der Waals surface area contributed by atoms with Crippen LogP contribution in [0.3, 0.4) is 0 Å². The molecule has 1 aromatic heterocycles. The molecule has 0 saturated heterocycles. The van der Waals surface area contributed by atoms with Crippen molar-refractivity contribution in [3.63, 3.8) is 0 Å². The summed E-state index contributed by atoms with van der Waals surface area (Å²) in [6, 6.07) is 10.1. The van der Waals surface area contributed by atoms with Gasteiger partial charge in [-0.25, -0.2) is 22.9 Å². The molecule has 0 aliphatic heterocycles. The third-order valence-corrected chi connectivity index (χ3v) is 5.50. The van der Waals surface area contributed by atoms with Crippen LogP contribution in [0, 0.1) is 17.5 Å². The largest absolute Gasteiger partial charge is 0.481 e. The maximum Gasteiger partial charge on any atom is 0.336 e. The van der Waals surface area contributed by atoms with Crippen LogP contribution in [0.1, 0.15) is 30.4 Å². The highest BCUT2D eigenvalue weighted by atomic mass is 19.1. The number of hydrogen-bond donors (Lipinski definition) is 4. The van der Waals surface area contributed by atoms with E-state index >= 15 is 0 Å². The second kappa shape index (κ2) is 14.6. The third-order valence-electron chi connectivity index (χ3n) is 5.50. The summed E-state index contributed by atoms with van der Waals surface area (Å²) in [6.45, 7) is 2.04. The van der Waals surface area contributed by atoms with Gasteiger partial charge in [-0.15, -0.1) is 0 Å². The van der Waals surface area contributed by atoms with Crippen LogP contribution in [-0.2, 0) is 34.0 Å². The smallest absolute Gasteiger partial charge is 0.336 e. The number of carboxylic acid groups (broad SMARTS) is 3. The molecular weight excluding hydrogens is 523 g/mol. The van der Waals surface area contributed by atoms with Gasteiger partial charge in [0.2, 0.25) is 0 Å². The molecule has 39 heavy (non-hydrogen) atoms. The first kappa shape index (κ1) is 31.0. The van der Waals surface area contributed by atoms with E-state index < -0.39 is 48.0 Å². The summed E-state index contributed by atoms with van der Waals surface area (Å²) < 4.78 is 43.1. The zero-order chi connectivity index (χ0) is 29.0. The first-order valence-corrected chi connectivity index (χ1v) is 11.6. The van der Waals surface area contributed by atoms with E-state index in [9.17, 15) is 27.6 Å². The Morgan fingerprint density at radius 3 is 2.03 bits per heavy atom. The number of carboxylic acids is 3. The fraction of sp³-hybridized carbons (Fsp3) is 0.308. The molecule has 0 bridgehead atoms. The lowest BCUT2D eigenvalue weighted by atomic mass is 9.96. The third kappa shape index (κ3) is 10.6. The molecule has 0 atom stereocenters. The van der Waals surface area contributed by atoms with Crippen LogP contribution in [0.2, 0.25) is 0 Å². The number of benzene rings is 2. The van der Waals surface area contributed by atoms with Crippen LogP contribution in [0.5, 0.6) is 0 Å². The summed E-state index contributed by atoms with van der Waals surface area (Å²) >= 11 is 0. The highest BCUT2D eigenvalue weighted by molar-refractivity contribution is 5.88. The lowest BCUT2D eigenvalue weighted by Gasteiger charge is -2.23. The Labute approximate surface area is 221 Å². The monoisotopic (exact) mass is 551 g/mol. The molecule has 0 unspecified atom stereocenters. The van der Waals surface area contributed by atoms with Crippen LogP contribution in [0.4, 0.5) is 13.2 Å². The first-order valence-electron chi connectivity index (χ1n) is 11.6. The van der Waals surface area contributed by atoms with E-state index in [-0.39, 0.29) is 12.4 Å². The van der Waals surface area contributed by atoms with Gasteiger partial charge in [-0.3, -0.25) is 14.5 Å².